The van der Waals surface area contributed by atoms with Crippen LogP contribution in [0.1, 0.15) is 18.1 Å². The van der Waals surface area contributed by atoms with E-state index < -0.39 is 0 Å². The number of esters is 1. The molecule has 2 aromatic carbocycles. The predicted molar refractivity (Wildman–Crippen MR) is 87.6 cm³/mol. The Morgan fingerprint density at radius 3 is 2.61 bits per heavy atom. The van der Waals surface area contributed by atoms with Crippen LogP contribution >= 0.6 is 0 Å². The Morgan fingerprint density at radius 1 is 0.957 bits per heavy atom. The zero-order chi connectivity index (χ0) is 16.1. The summed E-state index contributed by atoms with van der Waals surface area (Å²) in [5.41, 5.74) is 5.14. The summed E-state index contributed by atoms with van der Waals surface area (Å²) in [7, 11) is 0. The van der Waals surface area contributed by atoms with Crippen LogP contribution in [0.4, 0.5) is 0 Å². The second kappa shape index (κ2) is 7.29. The highest BCUT2D eigenvalue weighted by Crippen LogP contribution is 2.40. The third kappa shape index (κ3) is 3.71. The van der Waals surface area contributed by atoms with E-state index in [2.05, 4.69) is 30.3 Å². The van der Waals surface area contributed by atoms with Gasteiger partial charge >= 0.3 is 5.97 Å². The fourth-order valence-corrected chi connectivity index (χ4v) is 2.82. The number of fused-ring (bicyclic) bond motifs is 3. The van der Waals surface area contributed by atoms with Crippen LogP contribution in [-0.4, -0.2) is 32.4 Å². The molecule has 0 spiro atoms. The average Bonchev–Trinajstić information content (AvgIpc) is 2.93. The summed E-state index contributed by atoms with van der Waals surface area (Å²) in [6, 6.07) is 14.6. The number of carbonyl (C=O) groups excluding carboxylic acids is 1. The van der Waals surface area contributed by atoms with E-state index in [0.29, 0.717) is 19.8 Å². The highest BCUT2D eigenvalue weighted by molar-refractivity contribution is 5.78. The van der Waals surface area contributed by atoms with E-state index in [9.17, 15) is 4.79 Å². The van der Waals surface area contributed by atoms with Gasteiger partial charge in [0.1, 0.15) is 19.0 Å². The van der Waals surface area contributed by atoms with Crippen LogP contribution in [0, 0.1) is 0 Å². The Morgan fingerprint density at radius 2 is 1.74 bits per heavy atom. The second-order valence-electron chi connectivity index (χ2n) is 5.42. The molecular weight excluding hydrogens is 292 g/mol. The first-order valence-electron chi connectivity index (χ1n) is 7.80. The van der Waals surface area contributed by atoms with Crippen LogP contribution in [0.25, 0.3) is 11.1 Å². The minimum Gasteiger partial charge on any atom is -0.491 e. The SMILES string of the molecule is CC(=O)OCCOCCOc1cccc2c1Cc1ccccc1-2. The molecular formula is C19H20O4. The molecule has 0 unspecified atom stereocenters. The summed E-state index contributed by atoms with van der Waals surface area (Å²) in [6.07, 6.45) is 0.912. The lowest BCUT2D eigenvalue weighted by Crippen LogP contribution is -2.12. The summed E-state index contributed by atoms with van der Waals surface area (Å²) < 4.78 is 16.1. The standard InChI is InChI=1S/C19H20O4/c1-14(20)22-11-9-21-10-12-23-19-8-4-7-17-16-6-3-2-5-15(16)13-18(17)19/h2-8H,9-13H2,1H3. The summed E-state index contributed by atoms with van der Waals surface area (Å²) in [4.78, 5) is 10.6. The lowest BCUT2D eigenvalue weighted by molar-refractivity contribution is -0.142. The summed E-state index contributed by atoms with van der Waals surface area (Å²) >= 11 is 0. The van der Waals surface area contributed by atoms with Crippen LogP contribution in [0.5, 0.6) is 5.75 Å². The number of ether oxygens (including phenoxy) is 3. The van der Waals surface area contributed by atoms with Crippen molar-refractivity contribution in [2.75, 3.05) is 26.4 Å². The molecule has 0 saturated heterocycles. The normalized spacial score (nSPS) is 11.7. The van der Waals surface area contributed by atoms with Crippen LogP contribution in [-0.2, 0) is 20.7 Å². The molecule has 0 amide bonds. The molecule has 0 bridgehead atoms. The minimum atomic E-state index is -0.288. The quantitative estimate of drug-likeness (QED) is 0.496. The molecule has 0 aliphatic heterocycles. The Bertz CT molecular complexity index is 694. The van der Waals surface area contributed by atoms with Gasteiger partial charge in [0.25, 0.3) is 0 Å². The van der Waals surface area contributed by atoms with Crippen molar-refractivity contribution in [3.63, 3.8) is 0 Å². The number of hydrogen-bond acceptors (Lipinski definition) is 4. The van der Waals surface area contributed by atoms with Crippen LogP contribution < -0.4 is 4.74 Å². The fourth-order valence-electron chi connectivity index (χ4n) is 2.82. The van der Waals surface area contributed by atoms with Crippen LogP contribution in [0.2, 0.25) is 0 Å². The number of rotatable bonds is 7. The van der Waals surface area contributed by atoms with Crippen molar-refractivity contribution in [3.8, 4) is 16.9 Å². The van der Waals surface area contributed by atoms with E-state index in [0.717, 1.165) is 12.2 Å². The lowest BCUT2D eigenvalue weighted by atomic mass is 10.1. The van der Waals surface area contributed by atoms with Crippen LogP contribution in [0.15, 0.2) is 42.5 Å². The Hall–Kier alpha value is -2.33. The lowest BCUT2D eigenvalue weighted by Gasteiger charge is -2.11. The molecule has 0 aromatic heterocycles. The van der Waals surface area contributed by atoms with E-state index in [4.69, 9.17) is 14.2 Å². The molecule has 4 nitrogen and oxygen atoms in total. The smallest absolute Gasteiger partial charge is 0.302 e. The van der Waals surface area contributed by atoms with E-state index in [1.165, 1.54) is 29.2 Å². The van der Waals surface area contributed by atoms with Crippen molar-refractivity contribution in [3.05, 3.63) is 53.6 Å². The molecule has 0 radical (unpaired) electrons. The second-order valence-corrected chi connectivity index (χ2v) is 5.42. The van der Waals surface area contributed by atoms with Crippen molar-refractivity contribution in [1.29, 1.82) is 0 Å². The largest absolute Gasteiger partial charge is 0.491 e. The maximum Gasteiger partial charge on any atom is 0.302 e. The molecule has 4 heteroatoms. The van der Waals surface area contributed by atoms with E-state index in [-0.39, 0.29) is 12.6 Å². The highest BCUT2D eigenvalue weighted by Gasteiger charge is 2.20. The molecule has 1 aliphatic rings. The molecule has 2 aromatic rings. The zero-order valence-electron chi connectivity index (χ0n) is 13.2. The van der Waals surface area contributed by atoms with E-state index in [1.807, 2.05) is 12.1 Å². The minimum absolute atomic E-state index is 0.283. The average molecular weight is 312 g/mol. The van der Waals surface area contributed by atoms with E-state index in [1.54, 1.807) is 0 Å². The van der Waals surface area contributed by atoms with Gasteiger partial charge in [-0.1, -0.05) is 36.4 Å². The Labute approximate surface area is 136 Å². The maximum absolute atomic E-state index is 10.6. The molecule has 0 saturated carbocycles. The van der Waals surface area contributed by atoms with Gasteiger partial charge in [0.05, 0.1) is 13.2 Å². The van der Waals surface area contributed by atoms with Crippen molar-refractivity contribution in [1.82, 2.24) is 0 Å². The Balaban J connectivity index is 1.52. The molecule has 0 heterocycles. The number of hydrogen-bond donors (Lipinski definition) is 0. The third-order valence-corrected chi connectivity index (χ3v) is 3.83. The van der Waals surface area contributed by atoms with Gasteiger partial charge in [-0.25, -0.2) is 0 Å². The zero-order valence-corrected chi connectivity index (χ0v) is 13.2. The molecule has 1 aliphatic carbocycles. The van der Waals surface area contributed by atoms with Crippen molar-refractivity contribution in [2.45, 2.75) is 13.3 Å². The predicted octanol–water partition coefficient (Wildman–Crippen LogP) is 3.22. The summed E-state index contributed by atoms with van der Waals surface area (Å²) in [6.45, 7) is 3.01. The van der Waals surface area contributed by atoms with Gasteiger partial charge in [-0.3, -0.25) is 4.79 Å². The van der Waals surface area contributed by atoms with Crippen molar-refractivity contribution >= 4 is 5.97 Å². The van der Waals surface area contributed by atoms with Gasteiger partial charge in [0.2, 0.25) is 0 Å². The fraction of sp³-hybridized carbons (Fsp3) is 0.316. The van der Waals surface area contributed by atoms with Gasteiger partial charge in [-0.2, -0.15) is 0 Å². The maximum atomic E-state index is 10.6. The highest BCUT2D eigenvalue weighted by atomic mass is 16.6. The number of benzene rings is 2. The van der Waals surface area contributed by atoms with Gasteiger partial charge in [0, 0.05) is 18.9 Å². The van der Waals surface area contributed by atoms with Crippen molar-refractivity contribution < 1.29 is 19.0 Å². The van der Waals surface area contributed by atoms with Gasteiger partial charge in [-0.05, 0) is 22.8 Å². The first-order valence-corrected chi connectivity index (χ1v) is 7.80. The summed E-state index contributed by atoms with van der Waals surface area (Å²) in [5.74, 6) is 0.631. The molecule has 3 rings (SSSR count). The first-order chi connectivity index (χ1) is 11.3. The van der Waals surface area contributed by atoms with Crippen LogP contribution in [0.3, 0.4) is 0 Å². The van der Waals surface area contributed by atoms with Gasteiger partial charge < -0.3 is 14.2 Å². The van der Waals surface area contributed by atoms with Gasteiger partial charge in [-0.15, -0.1) is 0 Å². The summed E-state index contributed by atoms with van der Waals surface area (Å²) in [5, 5.41) is 0. The van der Waals surface area contributed by atoms with E-state index >= 15 is 0 Å². The first kappa shape index (κ1) is 15.6. The molecule has 23 heavy (non-hydrogen) atoms. The molecule has 120 valence electrons. The third-order valence-electron chi connectivity index (χ3n) is 3.83. The molecule has 0 atom stereocenters. The van der Waals surface area contributed by atoms with Crippen molar-refractivity contribution in [2.24, 2.45) is 0 Å². The number of carbonyl (C=O) groups is 1. The Kier molecular flexibility index (Phi) is 4.93. The molecule has 0 fully saturated rings. The van der Waals surface area contributed by atoms with Gasteiger partial charge in [0.15, 0.2) is 0 Å². The topological polar surface area (TPSA) is 44.8 Å². The monoisotopic (exact) mass is 312 g/mol. The molecule has 0 N–H and O–H groups in total.